The molecule has 2 fully saturated rings. The largest absolute Gasteiger partial charge is 0.324 e. The average molecular weight is 387 g/mol. The molecule has 0 spiro atoms. The number of amides is 2. The third-order valence-corrected chi connectivity index (χ3v) is 6.93. The average Bonchev–Trinajstić information content (AvgIpc) is 3.18. The zero-order valence-electron chi connectivity index (χ0n) is 14.4. The quantitative estimate of drug-likeness (QED) is 0.860. The molecule has 0 unspecified atom stereocenters. The number of carbonyl (C=O) groups is 2. The molecule has 2 aliphatic rings. The van der Waals surface area contributed by atoms with Gasteiger partial charge >= 0.3 is 0 Å². The van der Waals surface area contributed by atoms with Gasteiger partial charge in [-0.3, -0.25) is 9.59 Å². The number of nitrogens with one attached hydrogen (secondary N) is 1. The molecule has 2 atom stereocenters. The molecule has 26 heavy (non-hydrogen) atoms. The summed E-state index contributed by atoms with van der Waals surface area (Å²) in [6, 6.07) is 14.9. The highest BCUT2D eigenvalue weighted by Gasteiger charge is 2.56. The summed E-state index contributed by atoms with van der Waals surface area (Å²) in [6.45, 7) is 1.90. The third kappa shape index (κ3) is 2.79. The van der Waals surface area contributed by atoms with Crippen molar-refractivity contribution in [2.45, 2.75) is 30.7 Å². The van der Waals surface area contributed by atoms with Crippen molar-refractivity contribution in [3.05, 3.63) is 64.7 Å². The smallest absolute Gasteiger partial charge is 0.248 e. The molecule has 2 saturated heterocycles. The van der Waals surface area contributed by atoms with Crippen LogP contribution in [-0.4, -0.2) is 28.5 Å². The van der Waals surface area contributed by atoms with Crippen molar-refractivity contribution in [3.8, 4) is 0 Å². The molecule has 1 N–H and O–H groups in total. The summed E-state index contributed by atoms with van der Waals surface area (Å²) in [4.78, 5) is 27.0. The summed E-state index contributed by atoms with van der Waals surface area (Å²) >= 11 is 7.68. The number of halogens is 1. The number of nitrogens with zero attached hydrogens (tertiary/aromatic N) is 1. The van der Waals surface area contributed by atoms with Gasteiger partial charge in [0.2, 0.25) is 11.8 Å². The number of benzene rings is 2. The Morgan fingerprint density at radius 1 is 1.27 bits per heavy atom. The van der Waals surface area contributed by atoms with Crippen LogP contribution in [-0.2, 0) is 14.5 Å². The standard InChI is InChI=1S/C20H19ClN2O2S/c1-13-11-15(21)7-8-16(13)22-19(25)17-12-26-20(10-9-18(24)23(17)20)14-5-3-2-4-6-14/h2-8,11,17H,9-10,12H2,1H3,(H,22,25)/t17-,20+/m1/s1. The van der Waals surface area contributed by atoms with Crippen LogP contribution in [0.5, 0.6) is 0 Å². The molecule has 134 valence electrons. The fourth-order valence-corrected chi connectivity index (χ4v) is 5.70. The number of carbonyl (C=O) groups excluding carboxylic acids is 2. The van der Waals surface area contributed by atoms with E-state index in [1.165, 1.54) is 0 Å². The van der Waals surface area contributed by atoms with Crippen LogP contribution in [0.15, 0.2) is 48.5 Å². The highest BCUT2D eigenvalue weighted by atomic mass is 35.5. The van der Waals surface area contributed by atoms with Gasteiger partial charge in [-0.25, -0.2) is 0 Å². The molecule has 0 saturated carbocycles. The number of fused-ring (bicyclic) bond motifs is 1. The van der Waals surface area contributed by atoms with E-state index in [0.717, 1.165) is 23.2 Å². The molecule has 0 bridgehead atoms. The molecule has 4 rings (SSSR count). The maximum Gasteiger partial charge on any atom is 0.248 e. The normalized spacial score (nSPS) is 24.6. The Labute approximate surface area is 161 Å². The van der Waals surface area contributed by atoms with Crippen molar-refractivity contribution in [3.63, 3.8) is 0 Å². The first-order valence-corrected chi connectivity index (χ1v) is 9.96. The van der Waals surface area contributed by atoms with Crippen LogP contribution in [0.25, 0.3) is 0 Å². The van der Waals surface area contributed by atoms with Crippen LogP contribution in [0, 0.1) is 6.92 Å². The fourth-order valence-electron chi connectivity index (χ4n) is 3.82. The zero-order valence-corrected chi connectivity index (χ0v) is 15.9. The summed E-state index contributed by atoms with van der Waals surface area (Å²) in [7, 11) is 0. The maximum atomic E-state index is 13.0. The van der Waals surface area contributed by atoms with Gasteiger partial charge < -0.3 is 10.2 Å². The van der Waals surface area contributed by atoms with Crippen molar-refractivity contribution in [2.75, 3.05) is 11.1 Å². The van der Waals surface area contributed by atoms with E-state index in [0.29, 0.717) is 17.2 Å². The minimum absolute atomic E-state index is 0.0480. The van der Waals surface area contributed by atoms with Crippen LogP contribution in [0.3, 0.4) is 0 Å². The molecule has 0 aliphatic carbocycles. The van der Waals surface area contributed by atoms with Crippen LogP contribution in [0.4, 0.5) is 5.69 Å². The molecular formula is C20H19ClN2O2S. The van der Waals surface area contributed by atoms with Gasteiger partial charge in [0, 0.05) is 22.9 Å². The Balaban J connectivity index is 1.62. The molecule has 0 aromatic heterocycles. The molecule has 2 aromatic rings. The molecule has 2 aliphatic heterocycles. The lowest BCUT2D eigenvalue weighted by Crippen LogP contribution is -2.48. The van der Waals surface area contributed by atoms with Gasteiger partial charge in [-0.2, -0.15) is 0 Å². The van der Waals surface area contributed by atoms with Crippen LogP contribution in [0.2, 0.25) is 5.02 Å². The van der Waals surface area contributed by atoms with E-state index < -0.39 is 10.9 Å². The highest BCUT2D eigenvalue weighted by Crippen LogP contribution is 2.54. The minimum atomic E-state index is -0.467. The van der Waals surface area contributed by atoms with E-state index >= 15 is 0 Å². The summed E-state index contributed by atoms with van der Waals surface area (Å²) in [5, 5.41) is 3.61. The number of anilines is 1. The second-order valence-electron chi connectivity index (χ2n) is 6.69. The number of hydrogen-bond acceptors (Lipinski definition) is 3. The summed E-state index contributed by atoms with van der Waals surface area (Å²) in [6.07, 6.45) is 1.22. The van der Waals surface area contributed by atoms with Crippen molar-refractivity contribution < 1.29 is 9.59 Å². The molecule has 0 radical (unpaired) electrons. The monoisotopic (exact) mass is 386 g/mol. The lowest BCUT2D eigenvalue weighted by molar-refractivity contribution is -0.136. The summed E-state index contributed by atoms with van der Waals surface area (Å²) in [5.41, 5.74) is 2.72. The summed E-state index contributed by atoms with van der Waals surface area (Å²) in [5.74, 6) is 0.502. The van der Waals surface area contributed by atoms with Crippen LogP contribution >= 0.6 is 23.4 Å². The predicted molar refractivity (Wildman–Crippen MR) is 105 cm³/mol. The number of rotatable bonds is 3. The highest BCUT2D eigenvalue weighted by molar-refractivity contribution is 8.00. The molecule has 2 heterocycles. The Kier molecular flexibility index (Phi) is 4.45. The van der Waals surface area contributed by atoms with E-state index in [9.17, 15) is 9.59 Å². The van der Waals surface area contributed by atoms with Gasteiger partial charge in [-0.15, -0.1) is 11.8 Å². The zero-order chi connectivity index (χ0) is 18.3. The fraction of sp³-hybridized carbons (Fsp3) is 0.300. The van der Waals surface area contributed by atoms with Crippen molar-refractivity contribution in [1.82, 2.24) is 4.90 Å². The molecule has 2 aromatic carbocycles. The molecular weight excluding hydrogens is 368 g/mol. The first kappa shape index (κ1) is 17.4. The number of thioether (sulfide) groups is 1. The topological polar surface area (TPSA) is 49.4 Å². The number of aryl methyl sites for hydroxylation is 1. The molecule has 4 nitrogen and oxygen atoms in total. The van der Waals surface area contributed by atoms with Gasteiger partial charge in [-0.05, 0) is 42.7 Å². The third-order valence-electron chi connectivity index (χ3n) is 5.10. The lowest BCUT2D eigenvalue weighted by atomic mass is 10.0. The Morgan fingerprint density at radius 3 is 2.77 bits per heavy atom. The maximum absolute atomic E-state index is 13.0. The summed E-state index contributed by atoms with van der Waals surface area (Å²) < 4.78 is 0. The van der Waals surface area contributed by atoms with E-state index in [-0.39, 0.29) is 11.8 Å². The SMILES string of the molecule is Cc1cc(Cl)ccc1NC(=O)[C@H]1CS[C@]2(c3ccccc3)CCC(=O)N12. The molecule has 2 amide bonds. The van der Waals surface area contributed by atoms with Crippen LogP contribution in [0.1, 0.15) is 24.0 Å². The lowest BCUT2D eigenvalue weighted by Gasteiger charge is -2.34. The first-order chi connectivity index (χ1) is 12.5. The van der Waals surface area contributed by atoms with E-state index in [4.69, 9.17) is 11.6 Å². The van der Waals surface area contributed by atoms with Crippen molar-refractivity contribution in [2.24, 2.45) is 0 Å². The van der Waals surface area contributed by atoms with Crippen molar-refractivity contribution in [1.29, 1.82) is 0 Å². The van der Waals surface area contributed by atoms with E-state index in [1.807, 2.05) is 43.3 Å². The second-order valence-corrected chi connectivity index (χ2v) is 8.42. The Morgan fingerprint density at radius 2 is 2.04 bits per heavy atom. The van der Waals surface area contributed by atoms with Gasteiger partial charge in [0.15, 0.2) is 0 Å². The van der Waals surface area contributed by atoms with Gasteiger partial charge in [-0.1, -0.05) is 41.9 Å². The van der Waals surface area contributed by atoms with Gasteiger partial charge in [0.25, 0.3) is 0 Å². The van der Waals surface area contributed by atoms with E-state index in [2.05, 4.69) is 5.32 Å². The second kappa shape index (κ2) is 6.63. The Hall–Kier alpha value is -1.98. The number of hydrogen-bond donors (Lipinski definition) is 1. The van der Waals surface area contributed by atoms with E-state index in [1.54, 1.807) is 28.8 Å². The minimum Gasteiger partial charge on any atom is -0.324 e. The Bertz CT molecular complexity index is 873. The van der Waals surface area contributed by atoms with Gasteiger partial charge in [0.05, 0.1) is 0 Å². The molecule has 6 heteroatoms. The first-order valence-electron chi connectivity index (χ1n) is 8.60. The van der Waals surface area contributed by atoms with Crippen molar-refractivity contribution >= 4 is 40.9 Å². The predicted octanol–water partition coefficient (Wildman–Crippen LogP) is 4.18. The van der Waals surface area contributed by atoms with Crippen LogP contribution < -0.4 is 5.32 Å². The van der Waals surface area contributed by atoms with Gasteiger partial charge in [0.1, 0.15) is 10.9 Å².